The highest BCUT2D eigenvalue weighted by Crippen LogP contribution is 2.22. The van der Waals surface area contributed by atoms with Gasteiger partial charge in [0.1, 0.15) is 0 Å². The van der Waals surface area contributed by atoms with Crippen LogP contribution in [0.15, 0.2) is 24.3 Å². The number of piperidine rings is 2. The Hall–Kier alpha value is -1.55. The van der Waals surface area contributed by atoms with Crippen LogP contribution < -0.4 is 5.73 Å². The van der Waals surface area contributed by atoms with Crippen LogP contribution in [0.5, 0.6) is 0 Å². The van der Waals surface area contributed by atoms with Crippen molar-refractivity contribution in [1.82, 2.24) is 9.80 Å². The Balaban J connectivity index is 1.55. The standard InChI is InChI=1S/C17H25N3O/c18-15-6-4-14(5-7-15)17(21)20-12-8-16(9-13-20)19-10-2-1-3-11-19/h4-7,16H,1-3,8-13,18H2. The van der Waals surface area contributed by atoms with Gasteiger partial charge in [0.25, 0.3) is 5.91 Å². The van der Waals surface area contributed by atoms with Gasteiger partial charge in [-0.1, -0.05) is 6.42 Å². The van der Waals surface area contributed by atoms with E-state index in [1.807, 2.05) is 17.0 Å². The van der Waals surface area contributed by atoms with Crippen LogP contribution in [0, 0.1) is 0 Å². The normalized spacial score (nSPS) is 21.4. The lowest BCUT2D eigenvalue weighted by Crippen LogP contribution is -2.48. The van der Waals surface area contributed by atoms with Gasteiger partial charge >= 0.3 is 0 Å². The highest BCUT2D eigenvalue weighted by Gasteiger charge is 2.27. The first-order valence-electron chi connectivity index (χ1n) is 8.13. The van der Waals surface area contributed by atoms with Crippen LogP contribution in [-0.2, 0) is 0 Å². The van der Waals surface area contributed by atoms with Crippen molar-refractivity contribution in [3.63, 3.8) is 0 Å². The first-order chi connectivity index (χ1) is 10.2. The lowest BCUT2D eigenvalue weighted by atomic mass is 9.99. The summed E-state index contributed by atoms with van der Waals surface area (Å²) in [4.78, 5) is 17.1. The van der Waals surface area contributed by atoms with Gasteiger partial charge in [-0.25, -0.2) is 0 Å². The molecule has 2 fully saturated rings. The molecule has 2 N–H and O–H groups in total. The fourth-order valence-electron chi connectivity index (χ4n) is 3.53. The molecule has 0 saturated carbocycles. The largest absolute Gasteiger partial charge is 0.399 e. The molecule has 2 aliphatic rings. The van der Waals surface area contributed by atoms with E-state index >= 15 is 0 Å². The molecular formula is C17H25N3O. The number of benzene rings is 1. The summed E-state index contributed by atoms with van der Waals surface area (Å²) in [5, 5.41) is 0. The van der Waals surface area contributed by atoms with Gasteiger partial charge in [0, 0.05) is 30.4 Å². The second-order valence-corrected chi connectivity index (χ2v) is 6.24. The van der Waals surface area contributed by atoms with Crippen LogP contribution >= 0.6 is 0 Å². The van der Waals surface area contributed by atoms with Gasteiger partial charge in [0.2, 0.25) is 0 Å². The zero-order chi connectivity index (χ0) is 14.7. The van der Waals surface area contributed by atoms with Gasteiger partial charge in [-0.05, 0) is 63.0 Å². The van der Waals surface area contributed by atoms with Gasteiger partial charge in [0.05, 0.1) is 0 Å². The summed E-state index contributed by atoms with van der Waals surface area (Å²) in [6.45, 7) is 4.25. The maximum atomic E-state index is 12.5. The van der Waals surface area contributed by atoms with E-state index in [0.717, 1.165) is 31.5 Å². The number of rotatable bonds is 2. The van der Waals surface area contributed by atoms with Crippen molar-refractivity contribution in [2.45, 2.75) is 38.1 Å². The average molecular weight is 287 g/mol. The molecule has 0 aromatic heterocycles. The zero-order valence-electron chi connectivity index (χ0n) is 12.6. The Kier molecular flexibility index (Phi) is 4.44. The number of amides is 1. The SMILES string of the molecule is Nc1ccc(C(=O)N2CCC(N3CCCCC3)CC2)cc1. The molecule has 0 atom stereocenters. The fourth-order valence-corrected chi connectivity index (χ4v) is 3.53. The summed E-state index contributed by atoms with van der Waals surface area (Å²) >= 11 is 0. The van der Waals surface area contributed by atoms with E-state index in [9.17, 15) is 4.79 Å². The van der Waals surface area contributed by atoms with E-state index in [-0.39, 0.29) is 5.91 Å². The third-order valence-corrected chi connectivity index (χ3v) is 4.82. The van der Waals surface area contributed by atoms with E-state index in [0.29, 0.717) is 11.7 Å². The van der Waals surface area contributed by atoms with Crippen LogP contribution in [-0.4, -0.2) is 47.9 Å². The number of nitrogens with zero attached hydrogens (tertiary/aromatic N) is 2. The second-order valence-electron chi connectivity index (χ2n) is 6.24. The maximum Gasteiger partial charge on any atom is 0.253 e. The van der Waals surface area contributed by atoms with E-state index in [2.05, 4.69) is 4.90 Å². The van der Waals surface area contributed by atoms with Crippen LogP contribution in [0.1, 0.15) is 42.5 Å². The van der Waals surface area contributed by atoms with Crippen LogP contribution in [0.3, 0.4) is 0 Å². The summed E-state index contributed by atoms with van der Waals surface area (Å²) in [6, 6.07) is 7.94. The average Bonchev–Trinajstić information content (AvgIpc) is 2.56. The summed E-state index contributed by atoms with van der Waals surface area (Å²) < 4.78 is 0. The van der Waals surface area contributed by atoms with Gasteiger partial charge in [-0.3, -0.25) is 4.79 Å². The van der Waals surface area contributed by atoms with Crippen molar-refractivity contribution in [3.05, 3.63) is 29.8 Å². The van der Waals surface area contributed by atoms with Crippen molar-refractivity contribution in [2.75, 3.05) is 31.9 Å². The van der Waals surface area contributed by atoms with E-state index in [4.69, 9.17) is 5.73 Å². The van der Waals surface area contributed by atoms with Crippen molar-refractivity contribution in [1.29, 1.82) is 0 Å². The quantitative estimate of drug-likeness (QED) is 0.850. The molecule has 0 unspecified atom stereocenters. The molecule has 4 nitrogen and oxygen atoms in total. The van der Waals surface area contributed by atoms with Gasteiger partial charge in [-0.15, -0.1) is 0 Å². The molecule has 114 valence electrons. The van der Waals surface area contributed by atoms with Crippen molar-refractivity contribution in [2.24, 2.45) is 0 Å². The first kappa shape index (κ1) is 14.4. The monoisotopic (exact) mass is 287 g/mol. The van der Waals surface area contributed by atoms with Crippen LogP contribution in [0.2, 0.25) is 0 Å². The molecule has 0 spiro atoms. The molecule has 1 aromatic carbocycles. The van der Waals surface area contributed by atoms with Crippen molar-refractivity contribution in [3.8, 4) is 0 Å². The Morgan fingerprint density at radius 1 is 0.952 bits per heavy atom. The van der Waals surface area contributed by atoms with Crippen molar-refractivity contribution >= 4 is 11.6 Å². The number of nitrogens with two attached hydrogens (primary N) is 1. The summed E-state index contributed by atoms with van der Waals surface area (Å²) in [5.41, 5.74) is 7.13. The molecule has 0 bridgehead atoms. The van der Waals surface area contributed by atoms with E-state index in [1.54, 1.807) is 12.1 Å². The number of likely N-dealkylation sites (tertiary alicyclic amines) is 2. The molecule has 2 aliphatic heterocycles. The molecule has 0 radical (unpaired) electrons. The molecule has 1 aromatic rings. The lowest BCUT2D eigenvalue weighted by molar-refractivity contribution is 0.0590. The third-order valence-electron chi connectivity index (χ3n) is 4.82. The second kappa shape index (κ2) is 6.48. The van der Waals surface area contributed by atoms with Crippen LogP contribution in [0.25, 0.3) is 0 Å². The Morgan fingerprint density at radius 3 is 2.19 bits per heavy atom. The van der Waals surface area contributed by atoms with E-state index < -0.39 is 0 Å². The fraction of sp³-hybridized carbons (Fsp3) is 0.588. The molecule has 0 aliphatic carbocycles. The maximum absolute atomic E-state index is 12.5. The summed E-state index contributed by atoms with van der Waals surface area (Å²) in [6.07, 6.45) is 6.28. The van der Waals surface area contributed by atoms with Gasteiger partial charge < -0.3 is 15.5 Å². The molecule has 3 rings (SSSR count). The number of carbonyl (C=O) groups excluding carboxylic acids is 1. The van der Waals surface area contributed by atoms with Gasteiger partial charge in [0.15, 0.2) is 0 Å². The smallest absolute Gasteiger partial charge is 0.253 e. The zero-order valence-corrected chi connectivity index (χ0v) is 12.6. The van der Waals surface area contributed by atoms with Gasteiger partial charge in [-0.2, -0.15) is 0 Å². The Morgan fingerprint density at radius 2 is 1.57 bits per heavy atom. The molecule has 21 heavy (non-hydrogen) atoms. The summed E-state index contributed by atoms with van der Waals surface area (Å²) in [7, 11) is 0. The summed E-state index contributed by atoms with van der Waals surface area (Å²) in [5.74, 6) is 0.145. The topological polar surface area (TPSA) is 49.6 Å². The molecule has 4 heteroatoms. The third kappa shape index (κ3) is 3.38. The molecular weight excluding hydrogens is 262 g/mol. The Bertz CT molecular complexity index is 471. The Labute approximate surface area is 126 Å². The predicted molar refractivity (Wildman–Crippen MR) is 85.2 cm³/mol. The number of hydrogen-bond donors (Lipinski definition) is 1. The predicted octanol–water partition coefficient (Wildman–Crippen LogP) is 2.36. The number of carbonyl (C=O) groups is 1. The first-order valence-corrected chi connectivity index (χ1v) is 8.13. The lowest BCUT2D eigenvalue weighted by Gasteiger charge is -2.40. The minimum atomic E-state index is 0.145. The molecule has 2 heterocycles. The highest BCUT2D eigenvalue weighted by atomic mass is 16.2. The molecule has 2 saturated heterocycles. The number of hydrogen-bond acceptors (Lipinski definition) is 3. The van der Waals surface area contributed by atoms with E-state index in [1.165, 1.54) is 32.4 Å². The van der Waals surface area contributed by atoms with Crippen molar-refractivity contribution < 1.29 is 4.79 Å². The number of anilines is 1. The minimum Gasteiger partial charge on any atom is -0.399 e. The minimum absolute atomic E-state index is 0.145. The number of nitrogen functional groups attached to an aromatic ring is 1. The highest BCUT2D eigenvalue weighted by molar-refractivity contribution is 5.94. The molecule has 1 amide bonds. The van der Waals surface area contributed by atoms with Crippen LogP contribution in [0.4, 0.5) is 5.69 Å².